The molecule has 3 fully saturated rings. The molecule has 0 aromatic carbocycles. The lowest BCUT2D eigenvalue weighted by Gasteiger charge is -2.50. The number of aromatic amines is 1. The van der Waals surface area contributed by atoms with Gasteiger partial charge in [-0.15, -0.1) is 0 Å². The molecule has 0 amide bonds. The van der Waals surface area contributed by atoms with Gasteiger partial charge in [-0.2, -0.15) is 0 Å². The minimum atomic E-state index is -3.01. The molecule has 1 saturated heterocycles. The van der Waals surface area contributed by atoms with Gasteiger partial charge in [0.1, 0.15) is 17.8 Å². The largest absolute Gasteiger partial charge is 0.381 e. The Hall–Kier alpha value is -1.71. The summed E-state index contributed by atoms with van der Waals surface area (Å²) in [6.07, 6.45) is 7.69. The third kappa shape index (κ3) is 3.43. The number of nitrogens with one attached hydrogen (secondary N) is 1. The van der Waals surface area contributed by atoms with Crippen LogP contribution in [0.1, 0.15) is 25.7 Å². The Morgan fingerprint density at radius 3 is 2.72 bits per heavy atom. The molecular weight excluding hydrogens is 390 g/mol. The summed E-state index contributed by atoms with van der Waals surface area (Å²) in [5.74, 6) is 1.49. The molecule has 8 nitrogen and oxygen atoms in total. The van der Waals surface area contributed by atoms with Gasteiger partial charge in [0.15, 0.2) is 9.84 Å². The number of fused-ring (bicyclic) bond motifs is 1. The summed E-state index contributed by atoms with van der Waals surface area (Å²) in [6, 6.07) is 2.84. The second-order valence-corrected chi connectivity index (χ2v) is 11.3. The number of hydrogen-bond acceptors (Lipinski definition) is 7. The molecule has 158 valence electrons. The zero-order valence-electron chi connectivity index (χ0n) is 17.0. The van der Waals surface area contributed by atoms with Crippen molar-refractivity contribution in [3.8, 4) is 0 Å². The van der Waals surface area contributed by atoms with E-state index in [-0.39, 0.29) is 11.2 Å². The Labute approximate surface area is 171 Å². The van der Waals surface area contributed by atoms with Crippen LogP contribution in [-0.4, -0.2) is 84.7 Å². The van der Waals surface area contributed by atoms with Crippen molar-refractivity contribution in [3.05, 3.63) is 18.6 Å². The van der Waals surface area contributed by atoms with Gasteiger partial charge in [-0.3, -0.25) is 4.90 Å². The fraction of sp³-hybridized carbons (Fsp3) is 0.700. The maximum absolute atomic E-state index is 12.8. The molecule has 0 bridgehead atoms. The third-order valence-corrected chi connectivity index (χ3v) is 9.45. The van der Waals surface area contributed by atoms with Crippen molar-refractivity contribution in [3.63, 3.8) is 0 Å². The predicted octanol–water partition coefficient (Wildman–Crippen LogP) is 1.45. The van der Waals surface area contributed by atoms with Crippen LogP contribution in [0.15, 0.2) is 18.6 Å². The van der Waals surface area contributed by atoms with E-state index in [2.05, 4.69) is 24.8 Å². The fourth-order valence-electron chi connectivity index (χ4n) is 4.95. The molecule has 1 N–H and O–H groups in total. The SMILES string of the molecule is COC1CC(N2CC(S(=O)(=O)CC3CC(N(C)c4ncnc5[nH]ccc45)C3)C2)C1. The average Bonchev–Trinajstić information content (AvgIpc) is 3.06. The smallest absolute Gasteiger partial charge is 0.155 e. The molecular formula is C20H29N5O3S. The van der Waals surface area contributed by atoms with Gasteiger partial charge in [-0.05, 0) is 37.7 Å². The van der Waals surface area contributed by atoms with E-state index in [1.54, 1.807) is 13.4 Å². The van der Waals surface area contributed by atoms with E-state index in [0.29, 0.717) is 37.0 Å². The van der Waals surface area contributed by atoms with E-state index in [1.165, 1.54) is 0 Å². The normalized spacial score (nSPS) is 30.6. The predicted molar refractivity (Wildman–Crippen MR) is 112 cm³/mol. The minimum Gasteiger partial charge on any atom is -0.381 e. The highest BCUT2D eigenvalue weighted by atomic mass is 32.2. The van der Waals surface area contributed by atoms with Crippen LogP contribution in [0.5, 0.6) is 0 Å². The molecule has 0 radical (unpaired) electrons. The second-order valence-electron chi connectivity index (χ2n) is 8.93. The van der Waals surface area contributed by atoms with Crippen LogP contribution < -0.4 is 4.90 Å². The fourth-order valence-corrected chi connectivity index (χ4v) is 6.99. The highest BCUT2D eigenvalue weighted by Crippen LogP contribution is 2.38. The first-order valence-electron chi connectivity index (χ1n) is 10.4. The van der Waals surface area contributed by atoms with Crippen LogP contribution in [0.25, 0.3) is 11.0 Å². The maximum atomic E-state index is 12.8. The molecule has 5 rings (SSSR count). The standard InChI is InChI=1S/C20H29N5O3S/c1-24(20-18-3-4-21-19(18)22-12-23-20)14-5-13(6-14)11-29(26,27)17-9-25(10-17)15-7-16(8-15)28-2/h3-4,12-17H,5-11H2,1-2H3,(H,21,22,23). The third-order valence-electron chi connectivity index (χ3n) is 7.20. The number of nitrogens with zero attached hydrogens (tertiary/aromatic N) is 4. The van der Waals surface area contributed by atoms with E-state index >= 15 is 0 Å². The van der Waals surface area contributed by atoms with Gasteiger partial charge in [0.25, 0.3) is 0 Å². The van der Waals surface area contributed by atoms with E-state index < -0.39 is 9.84 Å². The quantitative estimate of drug-likeness (QED) is 0.726. The Bertz CT molecular complexity index is 975. The average molecular weight is 420 g/mol. The first-order chi connectivity index (χ1) is 13.9. The lowest BCUT2D eigenvalue weighted by molar-refractivity contribution is -0.0445. The van der Waals surface area contributed by atoms with Gasteiger partial charge < -0.3 is 14.6 Å². The Kier molecular flexibility index (Phi) is 4.79. The first kappa shape index (κ1) is 19.3. The van der Waals surface area contributed by atoms with Crippen molar-refractivity contribution >= 4 is 26.7 Å². The van der Waals surface area contributed by atoms with Crippen LogP contribution >= 0.6 is 0 Å². The Morgan fingerprint density at radius 1 is 1.24 bits per heavy atom. The molecule has 1 aliphatic heterocycles. The van der Waals surface area contributed by atoms with Crippen molar-refractivity contribution < 1.29 is 13.2 Å². The number of rotatable bonds is 7. The van der Waals surface area contributed by atoms with Gasteiger partial charge in [-0.1, -0.05) is 0 Å². The summed E-state index contributed by atoms with van der Waals surface area (Å²) in [4.78, 5) is 16.3. The Balaban J connectivity index is 1.12. The molecule has 0 unspecified atom stereocenters. The summed E-state index contributed by atoms with van der Waals surface area (Å²) >= 11 is 0. The molecule has 29 heavy (non-hydrogen) atoms. The summed E-state index contributed by atoms with van der Waals surface area (Å²) in [6.45, 7) is 1.40. The number of likely N-dealkylation sites (tertiary alicyclic amines) is 1. The van der Waals surface area contributed by atoms with Crippen molar-refractivity contribution in [2.75, 3.05) is 37.9 Å². The highest BCUT2D eigenvalue weighted by Gasteiger charge is 2.46. The first-order valence-corrected chi connectivity index (χ1v) is 12.2. The molecule has 2 aromatic rings. The lowest BCUT2D eigenvalue weighted by Crippen LogP contribution is -2.63. The molecule has 2 aliphatic carbocycles. The summed E-state index contributed by atoms with van der Waals surface area (Å²) < 4.78 is 30.9. The maximum Gasteiger partial charge on any atom is 0.155 e. The van der Waals surface area contributed by atoms with Gasteiger partial charge >= 0.3 is 0 Å². The lowest BCUT2D eigenvalue weighted by atomic mass is 9.81. The van der Waals surface area contributed by atoms with Gasteiger partial charge in [-0.25, -0.2) is 18.4 Å². The van der Waals surface area contributed by atoms with Crippen molar-refractivity contribution in [1.29, 1.82) is 0 Å². The van der Waals surface area contributed by atoms with Crippen molar-refractivity contribution in [2.45, 2.75) is 49.1 Å². The van der Waals surface area contributed by atoms with E-state index in [4.69, 9.17) is 4.74 Å². The summed E-state index contributed by atoms with van der Waals surface area (Å²) in [7, 11) is 0.776. The number of sulfone groups is 1. The number of ether oxygens (including phenoxy) is 1. The molecule has 0 atom stereocenters. The monoisotopic (exact) mass is 419 g/mol. The zero-order valence-corrected chi connectivity index (χ0v) is 17.8. The van der Waals surface area contributed by atoms with Gasteiger partial charge in [0, 0.05) is 45.5 Å². The summed E-state index contributed by atoms with van der Waals surface area (Å²) in [5, 5.41) is 0.828. The molecule has 3 aliphatic rings. The molecule has 2 saturated carbocycles. The molecule has 0 spiro atoms. The van der Waals surface area contributed by atoms with Crippen LogP contribution in [0, 0.1) is 5.92 Å². The minimum absolute atomic E-state index is 0.179. The van der Waals surface area contributed by atoms with E-state index in [0.717, 1.165) is 42.5 Å². The van der Waals surface area contributed by atoms with Crippen LogP contribution in [0.2, 0.25) is 0 Å². The van der Waals surface area contributed by atoms with E-state index in [9.17, 15) is 8.42 Å². The number of H-pyrrole nitrogens is 1. The number of hydrogen-bond donors (Lipinski definition) is 1. The second kappa shape index (κ2) is 7.21. The molecule has 2 aromatic heterocycles. The van der Waals surface area contributed by atoms with E-state index in [1.807, 2.05) is 19.3 Å². The molecule has 3 heterocycles. The van der Waals surface area contributed by atoms with Crippen LogP contribution in [0.4, 0.5) is 5.82 Å². The van der Waals surface area contributed by atoms with Crippen molar-refractivity contribution in [1.82, 2.24) is 19.9 Å². The number of methoxy groups -OCH3 is 1. The topological polar surface area (TPSA) is 91.4 Å². The number of aromatic nitrogens is 3. The highest BCUT2D eigenvalue weighted by molar-refractivity contribution is 7.92. The zero-order chi connectivity index (χ0) is 20.2. The summed E-state index contributed by atoms with van der Waals surface area (Å²) in [5.41, 5.74) is 0.832. The Morgan fingerprint density at radius 2 is 2.00 bits per heavy atom. The van der Waals surface area contributed by atoms with Crippen LogP contribution in [0.3, 0.4) is 0 Å². The van der Waals surface area contributed by atoms with Gasteiger partial charge in [0.05, 0.1) is 22.5 Å². The van der Waals surface area contributed by atoms with Crippen molar-refractivity contribution in [2.24, 2.45) is 5.92 Å². The van der Waals surface area contributed by atoms with Crippen LogP contribution in [-0.2, 0) is 14.6 Å². The van der Waals surface area contributed by atoms with Gasteiger partial charge in [0.2, 0.25) is 0 Å². The molecule has 9 heteroatoms. The number of anilines is 1.